The number of rotatable bonds is 8. The molecule has 0 N–H and O–H groups in total. The van der Waals surface area contributed by atoms with Gasteiger partial charge in [-0.05, 0) is 23.8 Å². The third-order valence-corrected chi connectivity index (χ3v) is 2.71. The largest absolute Gasteiger partial charge is 0.514 e. The van der Waals surface area contributed by atoms with Gasteiger partial charge in [0.1, 0.15) is 13.2 Å². The topological polar surface area (TPSA) is 97.4 Å². The lowest BCUT2D eigenvalue weighted by Crippen LogP contribution is -2.16. The summed E-state index contributed by atoms with van der Waals surface area (Å²) in [6, 6.07) is 4.65. The summed E-state index contributed by atoms with van der Waals surface area (Å²) in [6.07, 6.45) is 2.78. The molecule has 1 rings (SSSR count). The van der Waals surface area contributed by atoms with E-state index in [-0.39, 0.29) is 39.6 Å². The minimum atomic E-state index is -0.981. The quantitative estimate of drug-likeness (QED) is 0.222. The molecule has 0 atom stereocenters. The van der Waals surface area contributed by atoms with Crippen molar-refractivity contribution in [3.05, 3.63) is 42.5 Å². The second-order valence-electron chi connectivity index (χ2n) is 4.34. The summed E-state index contributed by atoms with van der Waals surface area (Å²) < 4.78 is 24.0. The maximum Gasteiger partial charge on any atom is 0.514 e. The van der Waals surface area contributed by atoms with Gasteiger partial charge in [0.25, 0.3) is 0 Å². The predicted octanol–water partition coefficient (Wildman–Crippen LogP) is 3.40. The zero-order valence-electron chi connectivity index (χ0n) is 13.9. The Bertz CT molecular complexity index is 664. The van der Waals surface area contributed by atoms with Gasteiger partial charge in [0.05, 0.1) is 14.2 Å². The van der Waals surface area contributed by atoms with Gasteiger partial charge in [0, 0.05) is 12.2 Å². The Balaban J connectivity index is 0. The van der Waals surface area contributed by atoms with Crippen molar-refractivity contribution < 1.29 is 38.1 Å². The van der Waals surface area contributed by atoms with Crippen molar-refractivity contribution in [1.29, 1.82) is 0 Å². The molecule has 0 saturated carbocycles. The molecular formula is C19H26O8. The number of esters is 2. The third kappa shape index (κ3) is 9.69. The lowest BCUT2D eigenvalue weighted by molar-refractivity contribution is -0.139. The molecule has 0 fully saturated rings. The van der Waals surface area contributed by atoms with E-state index in [0.29, 0.717) is 5.56 Å². The Labute approximate surface area is 159 Å². The summed E-state index contributed by atoms with van der Waals surface area (Å²) in [4.78, 5) is 33.5. The van der Waals surface area contributed by atoms with E-state index >= 15 is 0 Å². The van der Waals surface area contributed by atoms with E-state index < -0.39 is 18.1 Å². The lowest BCUT2D eigenvalue weighted by Gasteiger charge is -2.10. The van der Waals surface area contributed by atoms with Gasteiger partial charge < -0.3 is 23.7 Å². The summed E-state index contributed by atoms with van der Waals surface area (Å²) in [6.45, 7) is 2.95. The standard InChI is InChI=1S/C17H18O8.2CH4/c1-4-15(18)23-9-10-24-17(20)25-13-7-5-12(11-14(13)21-2)6-8-16(19)22-3;;/h4-8,11H,1,9-10H2,2-3H3;2*1H4/b8-6+;;. The molecule has 0 amide bonds. The van der Waals surface area contributed by atoms with Crippen molar-refractivity contribution in [2.45, 2.75) is 14.9 Å². The van der Waals surface area contributed by atoms with E-state index in [1.807, 2.05) is 0 Å². The van der Waals surface area contributed by atoms with Gasteiger partial charge in [0.2, 0.25) is 0 Å². The van der Waals surface area contributed by atoms with Gasteiger partial charge in [-0.3, -0.25) is 0 Å². The van der Waals surface area contributed by atoms with E-state index in [2.05, 4.69) is 16.1 Å². The molecule has 0 heterocycles. The normalized spacial score (nSPS) is 9.26. The van der Waals surface area contributed by atoms with Gasteiger partial charge in [-0.25, -0.2) is 14.4 Å². The molecule has 27 heavy (non-hydrogen) atoms. The second-order valence-corrected chi connectivity index (χ2v) is 4.34. The van der Waals surface area contributed by atoms with Crippen LogP contribution in [0.4, 0.5) is 4.79 Å². The third-order valence-electron chi connectivity index (χ3n) is 2.71. The van der Waals surface area contributed by atoms with Crippen LogP contribution in [0.1, 0.15) is 20.4 Å². The summed E-state index contributed by atoms with van der Waals surface area (Å²) >= 11 is 0. The SMILES string of the molecule is C.C.C=CC(=O)OCCOC(=O)Oc1ccc(/C=C/C(=O)OC)cc1OC. The number of carbonyl (C=O) groups is 3. The number of ether oxygens (including phenoxy) is 5. The Morgan fingerprint density at radius 1 is 1.00 bits per heavy atom. The van der Waals surface area contributed by atoms with Gasteiger partial charge in [-0.1, -0.05) is 27.5 Å². The van der Waals surface area contributed by atoms with Crippen molar-refractivity contribution in [2.75, 3.05) is 27.4 Å². The highest BCUT2D eigenvalue weighted by Gasteiger charge is 2.12. The zero-order chi connectivity index (χ0) is 18.7. The number of hydrogen-bond donors (Lipinski definition) is 0. The Kier molecular flexibility index (Phi) is 13.4. The Hall–Kier alpha value is -3.29. The first-order chi connectivity index (χ1) is 12.0. The molecule has 0 radical (unpaired) electrons. The van der Waals surface area contributed by atoms with E-state index in [0.717, 1.165) is 6.08 Å². The highest BCUT2D eigenvalue weighted by Crippen LogP contribution is 2.28. The Morgan fingerprint density at radius 2 is 1.67 bits per heavy atom. The number of hydrogen-bond acceptors (Lipinski definition) is 8. The van der Waals surface area contributed by atoms with Gasteiger partial charge >= 0.3 is 18.1 Å². The van der Waals surface area contributed by atoms with Crippen molar-refractivity contribution in [2.24, 2.45) is 0 Å². The molecular weight excluding hydrogens is 356 g/mol. The van der Waals surface area contributed by atoms with E-state index in [4.69, 9.17) is 14.2 Å². The monoisotopic (exact) mass is 382 g/mol. The van der Waals surface area contributed by atoms with Crippen molar-refractivity contribution in [3.8, 4) is 11.5 Å². The highest BCUT2D eigenvalue weighted by atomic mass is 16.7. The number of benzene rings is 1. The summed E-state index contributed by atoms with van der Waals surface area (Å²) in [5, 5.41) is 0. The lowest BCUT2D eigenvalue weighted by atomic mass is 10.2. The first-order valence-electron chi connectivity index (χ1n) is 7.08. The molecule has 1 aromatic carbocycles. The van der Waals surface area contributed by atoms with Crippen LogP contribution >= 0.6 is 0 Å². The van der Waals surface area contributed by atoms with E-state index in [1.165, 1.54) is 32.4 Å². The van der Waals surface area contributed by atoms with Crippen LogP contribution in [0.3, 0.4) is 0 Å². The molecule has 8 heteroatoms. The van der Waals surface area contributed by atoms with E-state index in [1.54, 1.807) is 12.1 Å². The molecule has 0 saturated heterocycles. The average Bonchev–Trinajstić information content (AvgIpc) is 2.63. The Morgan fingerprint density at radius 3 is 2.26 bits per heavy atom. The molecule has 0 unspecified atom stereocenters. The number of methoxy groups -OCH3 is 2. The summed E-state index contributed by atoms with van der Waals surface area (Å²) in [5.41, 5.74) is 0.638. The second kappa shape index (κ2) is 13.9. The van der Waals surface area contributed by atoms with Crippen LogP contribution in [-0.4, -0.2) is 45.5 Å². The van der Waals surface area contributed by atoms with Crippen molar-refractivity contribution >= 4 is 24.2 Å². The molecule has 0 aliphatic rings. The molecule has 0 aromatic heterocycles. The zero-order valence-corrected chi connectivity index (χ0v) is 13.9. The van der Waals surface area contributed by atoms with Gasteiger partial charge in [-0.2, -0.15) is 0 Å². The maximum absolute atomic E-state index is 11.6. The molecule has 0 bridgehead atoms. The summed E-state index contributed by atoms with van der Waals surface area (Å²) in [5.74, 6) is -0.720. The van der Waals surface area contributed by atoms with Gasteiger partial charge in [0.15, 0.2) is 11.5 Å². The molecule has 1 aromatic rings. The smallest absolute Gasteiger partial charge is 0.493 e. The minimum Gasteiger partial charge on any atom is -0.493 e. The van der Waals surface area contributed by atoms with Crippen LogP contribution in [0.2, 0.25) is 0 Å². The minimum absolute atomic E-state index is 0. The predicted molar refractivity (Wildman–Crippen MR) is 101 cm³/mol. The van der Waals surface area contributed by atoms with Gasteiger partial charge in [-0.15, -0.1) is 0 Å². The summed E-state index contributed by atoms with van der Waals surface area (Å²) in [7, 11) is 2.67. The maximum atomic E-state index is 11.6. The van der Waals surface area contributed by atoms with Crippen LogP contribution < -0.4 is 9.47 Å². The highest BCUT2D eigenvalue weighted by molar-refractivity contribution is 5.87. The molecule has 150 valence electrons. The van der Waals surface area contributed by atoms with Crippen LogP contribution in [-0.2, 0) is 23.8 Å². The van der Waals surface area contributed by atoms with Crippen molar-refractivity contribution in [1.82, 2.24) is 0 Å². The molecule has 0 spiro atoms. The first kappa shape index (κ1) is 25.9. The molecule has 0 aliphatic heterocycles. The average molecular weight is 382 g/mol. The molecule has 0 aliphatic carbocycles. The number of carbonyl (C=O) groups excluding carboxylic acids is 3. The molecule has 8 nitrogen and oxygen atoms in total. The first-order valence-corrected chi connectivity index (χ1v) is 7.08. The fourth-order valence-electron chi connectivity index (χ4n) is 1.55. The van der Waals surface area contributed by atoms with E-state index in [9.17, 15) is 14.4 Å². The fourth-order valence-corrected chi connectivity index (χ4v) is 1.55. The van der Waals surface area contributed by atoms with Crippen LogP contribution in [0.5, 0.6) is 11.5 Å². The van der Waals surface area contributed by atoms with Crippen LogP contribution in [0, 0.1) is 0 Å². The van der Waals surface area contributed by atoms with Crippen molar-refractivity contribution in [3.63, 3.8) is 0 Å². The van der Waals surface area contributed by atoms with Crippen LogP contribution in [0.15, 0.2) is 36.9 Å². The fraction of sp³-hybridized carbons (Fsp3) is 0.316. The van der Waals surface area contributed by atoms with Crippen LogP contribution in [0.25, 0.3) is 6.08 Å².